The van der Waals surface area contributed by atoms with Crippen molar-refractivity contribution < 1.29 is 13.9 Å². The summed E-state index contributed by atoms with van der Waals surface area (Å²) in [6.45, 7) is 2.03. The standard InChI is InChI=1S/C12H14FNO2/c1-7-5-9(7)12(15)14-10-4-3-8(13)6-11(10)16-2/h3-4,6-7,9H,5H2,1-2H3,(H,14,15). The molecule has 2 rings (SSSR count). The first-order valence-electron chi connectivity index (χ1n) is 5.26. The van der Waals surface area contributed by atoms with Crippen LogP contribution in [0.1, 0.15) is 13.3 Å². The molecule has 0 saturated heterocycles. The molecule has 2 atom stereocenters. The lowest BCUT2D eigenvalue weighted by atomic mass is 10.2. The van der Waals surface area contributed by atoms with Crippen molar-refractivity contribution in [2.45, 2.75) is 13.3 Å². The highest BCUT2D eigenvalue weighted by molar-refractivity contribution is 5.95. The summed E-state index contributed by atoms with van der Waals surface area (Å²) >= 11 is 0. The van der Waals surface area contributed by atoms with Crippen LogP contribution < -0.4 is 10.1 Å². The second kappa shape index (κ2) is 4.12. The van der Waals surface area contributed by atoms with Gasteiger partial charge in [0.05, 0.1) is 12.8 Å². The van der Waals surface area contributed by atoms with E-state index in [1.54, 1.807) is 0 Å². The van der Waals surface area contributed by atoms with E-state index >= 15 is 0 Å². The van der Waals surface area contributed by atoms with Gasteiger partial charge in [-0.1, -0.05) is 6.92 Å². The number of methoxy groups -OCH3 is 1. The van der Waals surface area contributed by atoms with Crippen molar-refractivity contribution >= 4 is 11.6 Å². The van der Waals surface area contributed by atoms with Gasteiger partial charge in [-0.25, -0.2) is 4.39 Å². The Bertz CT molecular complexity index is 419. The van der Waals surface area contributed by atoms with E-state index in [2.05, 4.69) is 5.32 Å². The average molecular weight is 223 g/mol. The molecule has 1 aromatic rings. The molecule has 0 bridgehead atoms. The van der Waals surface area contributed by atoms with Gasteiger partial charge in [0.25, 0.3) is 0 Å². The summed E-state index contributed by atoms with van der Waals surface area (Å²) in [5.74, 6) is 0.495. The summed E-state index contributed by atoms with van der Waals surface area (Å²) in [4.78, 5) is 11.7. The Kier molecular flexibility index (Phi) is 2.81. The van der Waals surface area contributed by atoms with Crippen molar-refractivity contribution in [2.75, 3.05) is 12.4 Å². The van der Waals surface area contributed by atoms with E-state index in [1.165, 1.54) is 25.3 Å². The van der Waals surface area contributed by atoms with Crippen molar-refractivity contribution in [3.05, 3.63) is 24.0 Å². The molecule has 0 aliphatic heterocycles. The summed E-state index contributed by atoms with van der Waals surface area (Å²) in [6.07, 6.45) is 0.926. The fraction of sp³-hybridized carbons (Fsp3) is 0.417. The largest absolute Gasteiger partial charge is 0.494 e. The number of benzene rings is 1. The van der Waals surface area contributed by atoms with Crippen LogP contribution in [-0.2, 0) is 4.79 Å². The normalized spacial score (nSPS) is 22.7. The Morgan fingerprint density at radius 3 is 2.81 bits per heavy atom. The molecule has 1 aliphatic rings. The fourth-order valence-electron chi connectivity index (χ4n) is 1.68. The maximum absolute atomic E-state index is 12.9. The molecule has 0 radical (unpaired) electrons. The van der Waals surface area contributed by atoms with Crippen LogP contribution in [0.2, 0.25) is 0 Å². The lowest BCUT2D eigenvalue weighted by Crippen LogP contribution is -2.15. The topological polar surface area (TPSA) is 38.3 Å². The van der Waals surface area contributed by atoms with E-state index in [0.29, 0.717) is 17.4 Å². The van der Waals surface area contributed by atoms with Gasteiger partial charge in [0.15, 0.2) is 0 Å². The van der Waals surface area contributed by atoms with Gasteiger partial charge in [-0.3, -0.25) is 4.79 Å². The first-order valence-corrected chi connectivity index (χ1v) is 5.26. The minimum atomic E-state index is -0.380. The van der Waals surface area contributed by atoms with Crippen LogP contribution in [0.5, 0.6) is 5.75 Å². The molecule has 1 aliphatic carbocycles. The molecule has 1 aromatic carbocycles. The first-order chi connectivity index (χ1) is 7.61. The molecule has 0 heterocycles. The molecule has 86 valence electrons. The number of hydrogen-bond donors (Lipinski definition) is 1. The summed E-state index contributed by atoms with van der Waals surface area (Å²) in [5.41, 5.74) is 0.521. The molecule has 0 aromatic heterocycles. The molecule has 1 fully saturated rings. The summed E-state index contributed by atoms with van der Waals surface area (Å²) in [7, 11) is 1.45. The molecule has 1 N–H and O–H groups in total. The number of halogens is 1. The van der Waals surface area contributed by atoms with Gasteiger partial charge in [0.1, 0.15) is 11.6 Å². The smallest absolute Gasteiger partial charge is 0.227 e. The number of anilines is 1. The Hall–Kier alpha value is -1.58. The number of rotatable bonds is 3. The maximum Gasteiger partial charge on any atom is 0.227 e. The van der Waals surface area contributed by atoms with Crippen LogP contribution in [0.3, 0.4) is 0 Å². The Balaban J connectivity index is 2.11. The van der Waals surface area contributed by atoms with Gasteiger partial charge in [-0.2, -0.15) is 0 Å². The fourth-order valence-corrected chi connectivity index (χ4v) is 1.68. The number of hydrogen-bond acceptors (Lipinski definition) is 2. The van der Waals surface area contributed by atoms with Gasteiger partial charge >= 0.3 is 0 Å². The highest BCUT2D eigenvalue weighted by Gasteiger charge is 2.39. The summed E-state index contributed by atoms with van der Waals surface area (Å²) in [5, 5.41) is 2.75. The van der Waals surface area contributed by atoms with Crippen LogP contribution in [0.15, 0.2) is 18.2 Å². The predicted octanol–water partition coefficient (Wildman–Crippen LogP) is 2.43. The summed E-state index contributed by atoms with van der Waals surface area (Å²) in [6, 6.07) is 4.07. The van der Waals surface area contributed by atoms with Gasteiger partial charge < -0.3 is 10.1 Å². The Morgan fingerprint density at radius 2 is 2.25 bits per heavy atom. The van der Waals surface area contributed by atoms with E-state index in [-0.39, 0.29) is 17.6 Å². The van der Waals surface area contributed by atoms with Crippen LogP contribution in [-0.4, -0.2) is 13.0 Å². The molecule has 16 heavy (non-hydrogen) atoms. The molecular weight excluding hydrogens is 209 g/mol. The quantitative estimate of drug-likeness (QED) is 0.854. The van der Waals surface area contributed by atoms with Gasteiger partial charge in [-0.05, 0) is 24.5 Å². The van der Waals surface area contributed by atoms with Gasteiger partial charge in [0.2, 0.25) is 5.91 Å². The van der Waals surface area contributed by atoms with E-state index < -0.39 is 0 Å². The zero-order valence-electron chi connectivity index (χ0n) is 9.29. The number of amides is 1. The second-order valence-corrected chi connectivity index (χ2v) is 4.15. The molecular formula is C12H14FNO2. The van der Waals surface area contributed by atoms with Crippen molar-refractivity contribution in [1.82, 2.24) is 0 Å². The molecule has 3 nitrogen and oxygen atoms in total. The minimum Gasteiger partial charge on any atom is -0.494 e. The van der Waals surface area contributed by atoms with E-state index in [1.807, 2.05) is 6.92 Å². The number of carbonyl (C=O) groups is 1. The number of ether oxygens (including phenoxy) is 1. The monoisotopic (exact) mass is 223 g/mol. The van der Waals surface area contributed by atoms with Crippen molar-refractivity contribution in [3.8, 4) is 5.75 Å². The number of carbonyl (C=O) groups excluding carboxylic acids is 1. The van der Waals surface area contributed by atoms with Gasteiger partial charge in [-0.15, -0.1) is 0 Å². The number of nitrogens with one attached hydrogen (secondary N) is 1. The SMILES string of the molecule is COc1cc(F)ccc1NC(=O)C1CC1C. The van der Waals surface area contributed by atoms with Crippen molar-refractivity contribution in [2.24, 2.45) is 11.8 Å². The Morgan fingerprint density at radius 1 is 1.56 bits per heavy atom. The van der Waals surface area contributed by atoms with Crippen molar-refractivity contribution in [3.63, 3.8) is 0 Å². The van der Waals surface area contributed by atoms with Gasteiger partial charge in [0, 0.05) is 12.0 Å². The molecule has 1 saturated carbocycles. The third kappa shape index (κ3) is 2.15. The minimum absolute atomic E-state index is 0.0163. The third-order valence-electron chi connectivity index (χ3n) is 2.87. The van der Waals surface area contributed by atoms with Crippen LogP contribution in [0.25, 0.3) is 0 Å². The van der Waals surface area contributed by atoms with E-state index in [4.69, 9.17) is 4.74 Å². The first kappa shape index (κ1) is 10.9. The lowest BCUT2D eigenvalue weighted by molar-refractivity contribution is -0.117. The third-order valence-corrected chi connectivity index (χ3v) is 2.87. The average Bonchev–Trinajstić information content (AvgIpc) is 2.98. The highest BCUT2D eigenvalue weighted by Crippen LogP contribution is 2.39. The van der Waals surface area contributed by atoms with E-state index in [0.717, 1.165) is 6.42 Å². The lowest BCUT2D eigenvalue weighted by Gasteiger charge is -2.09. The second-order valence-electron chi connectivity index (χ2n) is 4.15. The van der Waals surface area contributed by atoms with Crippen LogP contribution >= 0.6 is 0 Å². The maximum atomic E-state index is 12.9. The molecule has 0 spiro atoms. The van der Waals surface area contributed by atoms with Crippen LogP contribution in [0, 0.1) is 17.7 Å². The predicted molar refractivity (Wildman–Crippen MR) is 58.9 cm³/mol. The zero-order chi connectivity index (χ0) is 11.7. The highest BCUT2D eigenvalue weighted by atomic mass is 19.1. The summed E-state index contributed by atoms with van der Waals surface area (Å²) < 4.78 is 17.9. The van der Waals surface area contributed by atoms with E-state index in [9.17, 15) is 9.18 Å². The molecule has 1 amide bonds. The van der Waals surface area contributed by atoms with Crippen LogP contribution in [0.4, 0.5) is 10.1 Å². The molecule has 4 heteroatoms. The Labute approximate surface area is 93.6 Å². The zero-order valence-corrected chi connectivity index (χ0v) is 9.29. The molecule has 2 unspecified atom stereocenters. The van der Waals surface area contributed by atoms with Crippen molar-refractivity contribution in [1.29, 1.82) is 0 Å².